The van der Waals surface area contributed by atoms with Gasteiger partial charge in [-0.2, -0.15) is 0 Å². The summed E-state index contributed by atoms with van der Waals surface area (Å²) < 4.78 is 0. The summed E-state index contributed by atoms with van der Waals surface area (Å²) in [5, 5.41) is 20.8. The molecule has 0 bridgehead atoms. The van der Waals surface area contributed by atoms with E-state index in [9.17, 15) is 19.8 Å². The number of nitrogens with zero attached hydrogens (tertiary/aromatic N) is 2. The van der Waals surface area contributed by atoms with Gasteiger partial charge in [0.25, 0.3) is 0 Å². The third-order valence-corrected chi connectivity index (χ3v) is 2.84. The Balaban J connectivity index is -0.00000162. The molecule has 0 amide bonds. The van der Waals surface area contributed by atoms with Gasteiger partial charge in [0.1, 0.15) is 0 Å². The molecule has 0 aliphatic carbocycles. The standard InChI is InChI=1S/C13H26N2O4.2Na/c1-14(2)8-4-3-5-9-15(10-6-12(16)17)11-7-13(18)19;;/h3-11H2,1-2H3,(H,16,17)(H,18,19);;/q;2*+1/p-2. The van der Waals surface area contributed by atoms with Gasteiger partial charge in [0.05, 0.1) is 0 Å². The molecule has 0 aromatic rings. The van der Waals surface area contributed by atoms with Crippen molar-refractivity contribution in [1.82, 2.24) is 9.80 Å². The van der Waals surface area contributed by atoms with E-state index in [1.807, 2.05) is 19.0 Å². The van der Waals surface area contributed by atoms with Crippen molar-refractivity contribution in [3.05, 3.63) is 0 Å². The molecule has 0 aromatic carbocycles. The van der Waals surface area contributed by atoms with Crippen LogP contribution in [0.2, 0.25) is 0 Å². The van der Waals surface area contributed by atoms with Crippen LogP contribution in [0.5, 0.6) is 0 Å². The minimum Gasteiger partial charge on any atom is -0.550 e. The summed E-state index contributed by atoms with van der Waals surface area (Å²) in [7, 11) is 4.04. The third kappa shape index (κ3) is 20.9. The Kier molecular flexibility index (Phi) is 21.9. The normalized spacial score (nSPS) is 10.1. The molecule has 0 spiro atoms. The molecule has 0 N–H and O–H groups in total. The molecular formula is C13H24N2Na2O4. The molecule has 6 nitrogen and oxygen atoms in total. The molecule has 0 saturated heterocycles. The minimum atomic E-state index is -1.11. The van der Waals surface area contributed by atoms with E-state index in [-0.39, 0.29) is 72.0 Å². The van der Waals surface area contributed by atoms with Crippen molar-refractivity contribution in [2.24, 2.45) is 0 Å². The number of carbonyl (C=O) groups is 2. The number of carboxylic acid groups (broad SMARTS) is 2. The van der Waals surface area contributed by atoms with Crippen molar-refractivity contribution in [2.75, 3.05) is 40.3 Å². The first kappa shape index (κ1) is 26.7. The molecule has 8 heteroatoms. The molecule has 0 atom stereocenters. The maximum atomic E-state index is 10.4. The summed E-state index contributed by atoms with van der Waals surface area (Å²) in [6, 6.07) is 0. The summed E-state index contributed by atoms with van der Waals surface area (Å²) in [5.74, 6) is -2.21. The van der Waals surface area contributed by atoms with Gasteiger partial charge in [-0.3, -0.25) is 0 Å². The smallest absolute Gasteiger partial charge is 0.550 e. The predicted molar refractivity (Wildman–Crippen MR) is 68.1 cm³/mol. The summed E-state index contributed by atoms with van der Waals surface area (Å²) in [6.07, 6.45) is 2.94. The van der Waals surface area contributed by atoms with Gasteiger partial charge in [-0.05, 0) is 52.9 Å². The Hall–Kier alpha value is 0.860. The molecule has 112 valence electrons. The van der Waals surface area contributed by atoms with E-state index >= 15 is 0 Å². The number of carbonyl (C=O) groups excluding carboxylic acids is 2. The van der Waals surface area contributed by atoms with Gasteiger partial charge in [0, 0.05) is 25.0 Å². The molecule has 0 rings (SSSR count). The third-order valence-electron chi connectivity index (χ3n) is 2.84. The van der Waals surface area contributed by atoms with Crippen molar-refractivity contribution < 1.29 is 78.9 Å². The number of rotatable bonds is 12. The van der Waals surface area contributed by atoms with E-state index in [4.69, 9.17) is 0 Å². The fourth-order valence-corrected chi connectivity index (χ4v) is 1.77. The Morgan fingerprint density at radius 2 is 1.19 bits per heavy atom. The maximum absolute atomic E-state index is 10.4. The quantitative estimate of drug-likeness (QED) is 0.262. The second-order valence-corrected chi connectivity index (χ2v) is 4.95. The van der Waals surface area contributed by atoms with E-state index in [2.05, 4.69) is 4.90 Å². The first-order valence-corrected chi connectivity index (χ1v) is 6.68. The Labute approximate surface area is 171 Å². The van der Waals surface area contributed by atoms with Gasteiger partial charge < -0.3 is 29.6 Å². The number of hydrogen-bond donors (Lipinski definition) is 0. The van der Waals surface area contributed by atoms with Gasteiger partial charge in [-0.1, -0.05) is 6.42 Å². The number of hydrogen-bond acceptors (Lipinski definition) is 6. The SMILES string of the molecule is CN(C)CCCCCN(CCC(=O)[O-])CCC(=O)[O-].[Na+].[Na+]. The monoisotopic (exact) mass is 318 g/mol. The molecule has 0 heterocycles. The first-order valence-electron chi connectivity index (χ1n) is 6.68. The van der Waals surface area contributed by atoms with Gasteiger partial charge in [0.2, 0.25) is 0 Å². The van der Waals surface area contributed by atoms with E-state index in [0.717, 1.165) is 25.8 Å². The average molecular weight is 318 g/mol. The zero-order valence-electron chi connectivity index (χ0n) is 13.9. The van der Waals surface area contributed by atoms with Crippen LogP contribution in [0.4, 0.5) is 0 Å². The molecule has 0 aromatic heterocycles. The predicted octanol–water partition coefficient (Wildman–Crippen LogP) is -7.69. The summed E-state index contributed by atoms with van der Waals surface area (Å²) >= 11 is 0. The van der Waals surface area contributed by atoms with Gasteiger partial charge in [0.15, 0.2) is 0 Å². The summed E-state index contributed by atoms with van der Waals surface area (Å²) in [4.78, 5) is 24.8. The van der Waals surface area contributed by atoms with Crippen molar-refractivity contribution in [1.29, 1.82) is 0 Å². The molecular weight excluding hydrogens is 294 g/mol. The molecule has 0 unspecified atom stereocenters. The molecule has 0 fully saturated rings. The zero-order valence-corrected chi connectivity index (χ0v) is 17.9. The first-order chi connectivity index (χ1) is 8.91. The second kappa shape index (κ2) is 17.2. The molecule has 0 aliphatic rings. The van der Waals surface area contributed by atoms with Crippen LogP contribution in [0.25, 0.3) is 0 Å². The summed E-state index contributed by atoms with van der Waals surface area (Å²) in [6.45, 7) is 2.42. The topological polar surface area (TPSA) is 86.7 Å². The van der Waals surface area contributed by atoms with Gasteiger partial charge >= 0.3 is 59.1 Å². The van der Waals surface area contributed by atoms with Crippen molar-refractivity contribution in [2.45, 2.75) is 32.1 Å². The van der Waals surface area contributed by atoms with Gasteiger partial charge in [-0.15, -0.1) is 0 Å². The van der Waals surface area contributed by atoms with E-state index in [1.165, 1.54) is 0 Å². The van der Waals surface area contributed by atoms with Crippen LogP contribution in [0, 0.1) is 0 Å². The summed E-state index contributed by atoms with van der Waals surface area (Å²) in [5.41, 5.74) is 0. The fourth-order valence-electron chi connectivity index (χ4n) is 1.77. The minimum absolute atomic E-state index is 0. The Bertz CT molecular complexity index is 261. The van der Waals surface area contributed by atoms with Crippen LogP contribution in [-0.2, 0) is 9.59 Å². The average Bonchev–Trinajstić information content (AvgIpc) is 2.30. The maximum Gasteiger partial charge on any atom is 1.00 e. The van der Waals surface area contributed by atoms with Crippen molar-refractivity contribution >= 4 is 11.9 Å². The zero-order chi connectivity index (χ0) is 14.7. The number of unbranched alkanes of at least 4 members (excludes halogenated alkanes) is 2. The molecule has 0 aliphatic heterocycles. The van der Waals surface area contributed by atoms with Crippen LogP contribution in [0.15, 0.2) is 0 Å². The van der Waals surface area contributed by atoms with Crippen LogP contribution in [0.1, 0.15) is 32.1 Å². The number of aliphatic carboxylic acids is 2. The Morgan fingerprint density at radius 3 is 1.57 bits per heavy atom. The fraction of sp³-hybridized carbons (Fsp3) is 0.846. The van der Waals surface area contributed by atoms with E-state index < -0.39 is 11.9 Å². The van der Waals surface area contributed by atoms with Crippen molar-refractivity contribution in [3.63, 3.8) is 0 Å². The van der Waals surface area contributed by atoms with Crippen LogP contribution >= 0.6 is 0 Å². The molecule has 21 heavy (non-hydrogen) atoms. The molecule has 0 saturated carbocycles. The Morgan fingerprint density at radius 1 is 0.762 bits per heavy atom. The van der Waals surface area contributed by atoms with Gasteiger partial charge in [-0.25, -0.2) is 0 Å². The van der Waals surface area contributed by atoms with Crippen LogP contribution in [0.3, 0.4) is 0 Å². The number of carboxylic acids is 2. The van der Waals surface area contributed by atoms with E-state index in [0.29, 0.717) is 19.6 Å². The van der Waals surface area contributed by atoms with Crippen LogP contribution in [-0.4, -0.2) is 62.0 Å². The molecule has 0 radical (unpaired) electrons. The second-order valence-electron chi connectivity index (χ2n) is 4.95. The largest absolute Gasteiger partial charge is 1.00 e. The van der Waals surface area contributed by atoms with Crippen LogP contribution < -0.4 is 69.3 Å². The van der Waals surface area contributed by atoms with Crippen molar-refractivity contribution in [3.8, 4) is 0 Å². The van der Waals surface area contributed by atoms with E-state index in [1.54, 1.807) is 0 Å².